The summed E-state index contributed by atoms with van der Waals surface area (Å²) in [5.41, 5.74) is 1.61. The smallest absolute Gasteiger partial charge is 0.129 e. The number of aryl methyl sites for hydroxylation is 1. The molecule has 0 spiro atoms. The highest BCUT2D eigenvalue weighted by molar-refractivity contribution is 6.30. The molecular formula is C18H21ClFNO. The van der Waals surface area contributed by atoms with E-state index in [9.17, 15) is 4.39 Å². The van der Waals surface area contributed by atoms with Gasteiger partial charge >= 0.3 is 0 Å². The van der Waals surface area contributed by atoms with Crippen LogP contribution >= 0.6 is 11.6 Å². The van der Waals surface area contributed by atoms with E-state index in [0.29, 0.717) is 10.6 Å². The number of nitrogens with zero attached hydrogens (tertiary/aromatic N) is 1. The maximum Gasteiger partial charge on any atom is 0.129 e. The number of halogens is 2. The topological polar surface area (TPSA) is 12.5 Å². The lowest BCUT2D eigenvalue weighted by Crippen LogP contribution is -2.13. The minimum absolute atomic E-state index is 0.217. The summed E-state index contributed by atoms with van der Waals surface area (Å²) in [4.78, 5) is 2.14. The van der Waals surface area contributed by atoms with Crippen LogP contribution in [0.1, 0.15) is 17.5 Å². The summed E-state index contributed by atoms with van der Waals surface area (Å²) in [6, 6.07) is 12.2. The molecule has 22 heavy (non-hydrogen) atoms. The van der Waals surface area contributed by atoms with Gasteiger partial charge in [0.2, 0.25) is 0 Å². The third-order valence-electron chi connectivity index (χ3n) is 3.41. The zero-order valence-electron chi connectivity index (χ0n) is 13.0. The van der Waals surface area contributed by atoms with Crippen LogP contribution in [0, 0.1) is 5.82 Å². The average Bonchev–Trinajstić information content (AvgIpc) is 2.47. The van der Waals surface area contributed by atoms with Gasteiger partial charge in [0.25, 0.3) is 0 Å². The average molecular weight is 322 g/mol. The van der Waals surface area contributed by atoms with E-state index < -0.39 is 0 Å². The minimum Gasteiger partial charge on any atom is -0.489 e. The quantitative estimate of drug-likeness (QED) is 0.741. The Morgan fingerprint density at radius 3 is 2.59 bits per heavy atom. The molecule has 2 rings (SSSR count). The molecule has 0 saturated carbocycles. The summed E-state index contributed by atoms with van der Waals surface area (Å²) in [5.74, 6) is 0.525. The fourth-order valence-electron chi connectivity index (χ4n) is 2.24. The first kappa shape index (κ1) is 16.8. The van der Waals surface area contributed by atoms with Crippen LogP contribution in [0.3, 0.4) is 0 Å². The molecule has 0 aliphatic rings. The van der Waals surface area contributed by atoms with Crippen molar-refractivity contribution in [3.8, 4) is 5.75 Å². The minimum atomic E-state index is -0.245. The van der Waals surface area contributed by atoms with Gasteiger partial charge in [-0.15, -0.1) is 0 Å². The van der Waals surface area contributed by atoms with Crippen LogP contribution in [0.25, 0.3) is 0 Å². The molecule has 0 aliphatic carbocycles. The molecule has 0 saturated heterocycles. The molecule has 4 heteroatoms. The van der Waals surface area contributed by atoms with Crippen LogP contribution in [0.15, 0.2) is 42.5 Å². The van der Waals surface area contributed by atoms with Crippen molar-refractivity contribution in [2.24, 2.45) is 0 Å². The summed E-state index contributed by atoms with van der Waals surface area (Å²) in [5, 5.41) is 0.693. The maximum atomic E-state index is 13.6. The lowest BCUT2D eigenvalue weighted by atomic mass is 10.1. The largest absolute Gasteiger partial charge is 0.489 e. The fraction of sp³-hybridized carbons (Fsp3) is 0.333. The molecule has 0 amide bonds. The van der Waals surface area contributed by atoms with Crippen molar-refractivity contribution in [1.29, 1.82) is 0 Å². The van der Waals surface area contributed by atoms with Crippen LogP contribution < -0.4 is 4.74 Å². The molecule has 0 atom stereocenters. The SMILES string of the molecule is CN(C)CCCc1cc(Cl)ccc1OCc1ccccc1F. The molecule has 2 aromatic rings. The normalized spacial score (nSPS) is 11.0. The summed E-state index contributed by atoms with van der Waals surface area (Å²) in [6.07, 6.45) is 1.90. The molecule has 0 fully saturated rings. The van der Waals surface area contributed by atoms with Crippen molar-refractivity contribution < 1.29 is 9.13 Å². The van der Waals surface area contributed by atoms with E-state index in [-0.39, 0.29) is 12.4 Å². The molecule has 0 radical (unpaired) electrons. The van der Waals surface area contributed by atoms with Gasteiger partial charge in [0.15, 0.2) is 0 Å². The van der Waals surface area contributed by atoms with Crippen LogP contribution in [0.4, 0.5) is 4.39 Å². The van der Waals surface area contributed by atoms with Gasteiger partial charge in [-0.2, -0.15) is 0 Å². The van der Waals surface area contributed by atoms with Crippen molar-refractivity contribution in [2.45, 2.75) is 19.4 Å². The highest BCUT2D eigenvalue weighted by Gasteiger charge is 2.07. The number of hydrogen-bond donors (Lipinski definition) is 0. The van der Waals surface area contributed by atoms with E-state index >= 15 is 0 Å². The Balaban J connectivity index is 2.05. The highest BCUT2D eigenvalue weighted by atomic mass is 35.5. The van der Waals surface area contributed by atoms with E-state index in [1.165, 1.54) is 6.07 Å². The molecular weight excluding hydrogens is 301 g/mol. The van der Waals surface area contributed by atoms with Gasteiger partial charge in [0.1, 0.15) is 18.2 Å². The van der Waals surface area contributed by atoms with Gasteiger partial charge in [0.05, 0.1) is 0 Å². The second-order valence-corrected chi connectivity index (χ2v) is 5.98. The van der Waals surface area contributed by atoms with Gasteiger partial charge in [-0.1, -0.05) is 29.8 Å². The Morgan fingerprint density at radius 1 is 1.09 bits per heavy atom. The first-order chi connectivity index (χ1) is 10.6. The number of ether oxygens (including phenoxy) is 1. The molecule has 2 nitrogen and oxygen atoms in total. The number of rotatable bonds is 7. The second-order valence-electron chi connectivity index (χ2n) is 5.54. The summed E-state index contributed by atoms with van der Waals surface area (Å²) in [7, 11) is 4.10. The van der Waals surface area contributed by atoms with Crippen molar-refractivity contribution in [3.63, 3.8) is 0 Å². The summed E-state index contributed by atoms with van der Waals surface area (Å²) >= 11 is 6.07. The molecule has 118 valence electrons. The standard InChI is InChI=1S/C18H21ClFNO/c1-21(2)11-5-7-14-12-16(19)9-10-18(14)22-13-15-6-3-4-8-17(15)20/h3-4,6,8-10,12H,5,7,11,13H2,1-2H3. The van der Waals surface area contributed by atoms with Crippen LogP contribution in [-0.2, 0) is 13.0 Å². The lowest BCUT2D eigenvalue weighted by Gasteiger charge is -2.14. The van der Waals surface area contributed by atoms with Crippen molar-refractivity contribution >= 4 is 11.6 Å². The Kier molecular flexibility index (Phi) is 6.22. The van der Waals surface area contributed by atoms with Crippen molar-refractivity contribution in [3.05, 3.63) is 64.4 Å². The number of hydrogen-bond acceptors (Lipinski definition) is 2. The Morgan fingerprint density at radius 2 is 1.86 bits per heavy atom. The molecule has 0 unspecified atom stereocenters. The fourth-order valence-corrected chi connectivity index (χ4v) is 2.44. The third kappa shape index (κ3) is 5.00. The zero-order chi connectivity index (χ0) is 15.9. The van der Waals surface area contributed by atoms with E-state index in [4.69, 9.17) is 16.3 Å². The van der Waals surface area contributed by atoms with Gasteiger partial charge in [-0.25, -0.2) is 4.39 Å². The van der Waals surface area contributed by atoms with E-state index in [0.717, 1.165) is 30.7 Å². The van der Waals surface area contributed by atoms with E-state index in [1.54, 1.807) is 18.2 Å². The van der Waals surface area contributed by atoms with Crippen molar-refractivity contribution in [1.82, 2.24) is 4.90 Å². The van der Waals surface area contributed by atoms with E-state index in [1.807, 2.05) is 32.3 Å². The molecule has 2 aromatic carbocycles. The second kappa shape index (κ2) is 8.16. The zero-order valence-corrected chi connectivity index (χ0v) is 13.7. The summed E-state index contributed by atoms with van der Waals surface area (Å²) in [6.45, 7) is 1.22. The molecule has 0 heterocycles. The van der Waals surface area contributed by atoms with Crippen LogP contribution in [0.5, 0.6) is 5.75 Å². The van der Waals surface area contributed by atoms with E-state index in [2.05, 4.69) is 4.90 Å². The Labute approximate surface area is 136 Å². The van der Waals surface area contributed by atoms with Gasteiger partial charge in [-0.3, -0.25) is 0 Å². The lowest BCUT2D eigenvalue weighted by molar-refractivity contribution is 0.296. The molecule has 0 aliphatic heterocycles. The monoisotopic (exact) mass is 321 g/mol. The predicted molar refractivity (Wildman–Crippen MR) is 89.1 cm³/mol. The number of benzene rings is 2. The molecule has 0 aromatic heterocycles. The predicted octanol–water partition coefficient (Wildman–Crippen LogP) is 4.55. The van der Waals surface area contributed by atoms with Crippen molar-refractivity contribution in [2.75, 3.05) is 20.6 Å². The van der Waals surface area contributed by atoms with Crippen LogP contribution in [0.2, 0.25) is 5.02 Å². The van der Waals surface area contributed by atoms with Gasteiger partial charge < -0.3 is 9.64 Å². The Bertz CT molecular complexity index is 616. The summed E-state index contributed by atoms with van der Waals surface area (Å²) < 4.78 is 19.4. The Hall–Kier alpha value is -1.58. The first-order valence-electron chi connectivity index (χ1n) is 7.35. The first-order valence-corrected chi connectivity index (χ1v) is 7.73. The highest BCUT2D eigenvalue weighted by Crippen LogP contribution is 2.25. The maximum absolute atomic E-state index is 13.6. The van der Waals surface area contributed by atoms with Crippen LogP contribution in [-0.4, -0.2) is 25.5 Å². The third-order valence-corrected chi connectivity index (χ3v) is 3.65. The molecule has 0 bridgehead atoms. The molecule has 0 N–H and O–H groups in total. The van der Waals surface area contributed by atoms with Gasteiger partial charge in [0, 0.05) is 10.6 Å². The van der Waals surface area contributed by atoms with Gasteiger partial charge in [-0.05, 0) is 63.3 Å².